The Morgan fingerprint density at radius 3 is 2.50 bits per heavy atom. The molecule has 0 aliphatic heterocycles. The van der Waals surface area contributed by atoms with Gasteiger partial charge in [-0.25, -0.2) is 4.79 Å². The van der Waals surface area contributed by atoms with Crippen LogP contribution >= 0.6 is 0 Å². The summed E-state index contributed by atoms with van der Waals surface area (Å²) in [5, 5.41) is 14.6. The van der Waals surface area contributed by atoms with Crippen LogP contribution in [-0.2, 0) is 13.1 Å². The number of hydrogen-bond donors (Lipinski definition) is 3. The molecule has 0 saturated heterocycles. The van der Waals surface area contributed by atoms with Crippen LogP contribution in [-0.4, -0.2) is 42.8 Å². The van der Waals surface area contributed by atoms with Gasteiger partial charge in [-0.3, -0.25) is 0 Å². The molecule has 0 aromatic heterocycles. The van der Waals surface area contributed by atoms with Crippen molar-refractivity contribution >= 4 is 6.03 Å². The fourth-order valence-electron chi connectivity index (χ4n) is 1.91. The number of hydrogen-bond acceptors (Lipinski definition) is 3. The van der Waals surface area contributed by atoms with E-state index in [1.54, 1.807) is 0 Å². The highest BCUT2D eigenvalue weighted by Crippen LogP contribution is 2.10. The smallest absolute Gasteiger partial charge is 0.315 e. The van der Waals surface area contributed by atoms with E-state index in [1.807, 2.05) is 39.2 Å². The average Bonchev–Trinajstić information content (AvgIpc) is 2.43. The minimum Gasteiger partial charge on any atom is -0.394 e. The molecule has 2 amide bonds. The maximum atomic E-state index is 11.7. The van der Waals surface area contributed by atoms with Gasteiger partial charge in [-0.05, 0) is 31.6 Å². The van der Waals surface area contributed by atoms with E-state index in [2.05, 4.69) is 21.6 Å². The average molecular weight is 279 g/mol. The molecule has 1 aromatic carbocycles. The lowest BCUT2D eigenvalue weighted by Gasteiger charge is -2.17. The third-order valence-electron chi connectivity index (χ3n) is 3.09. The summed E-state index contributed by atoms with van der Waals surface area (Å²) >= 11 is 0. The van der Waals surface area contributed by atoms with Crippen LogP contribution in [0.5, 0.6) is 0 Å². The zero-order chi connectivity index (χ0) is 15.0. The van der Waals surface area contributed by atoms with Crippen molar-refractivity contribution in [2.75, 3.05) is 20.7 Å². The zero-order valence-corrected chi connectivity index (χ0v) is 12.5. The number of benzene rings is 1. The van der Waals surface area contributed by atoms with E-state index in [0.717, 1.165) is 12.1 Å². The Kier molecular flexibility index (Phi) is 7.04. The van der Waals surface area contributed by atoms with Crippen molar-refractivity contribution in [1.29, 1.82) is 0 Å². The summed E-state index contributed by atoms with van der Waals surface area (Å²) in [6.45, 7) is 3.21. The first-order valence-electron chi connectivity index (χ1n) is 6.93. The Labute approximate surface area is 121 Å². The first-order chi connectivity index (χ1) is 9.56. The SMILES string of the molecule is CCC(CO)NC(=O)NCc1ccccc1CN(C)C. The maximum absolute atomic E-state index is 11.7. The summed E-state index contributed by atoms with van der Waals surface area (Å²) in [4.78, 5) is 13.8. The molecule has 0 radical (unpaired) electrons. The molecule has 5 nitrogen and oxygen atoms in total. The molecule has 0 aliphatic carbocycles. The van der Waals surface area contributed by atoms with E-state index < -0.39 is 0 Å². The third-order valence-corrected chi connectivity index (χ3v) is 3.09. The first-order valence-corrected chi connectivity index (χ1v) is 6.93. The van der Waals surface area contributed by atoms with Crippen LogP contribution in [0.3, 0.4) is 0 Å². The van der Waals surface area contributed by atoms with Gasteiger partial charge in [0.1, 0.15) is 0 Å². The summed E-state index contributed by atoms with van der Waals surface area (Å²) in [5.41, 5.74) is 2.31. The lowest BCUT2D eigenvalue weighted by atomic mass is 10.1. The molecule has 0 bridgehead atoms. The van der Waals surface area contributed by atoms with Crippen molar-refractivity contribution in [2.24, 2.45) is 0 Å². The molecule has 3 N–H and O–H groups in total. The number of aliphatic hydroxyl groups excluding tert-OH is 1. The second kappa shape index (κ2) is 8.55. The van der Waals surface area contributed by atoms with E-state index >= 15 is 0 Å². The summed E-state index contributed by atoms with van der Waals surface area (Å²) < 4.78 is 0. The van der Waals surface area contributed by atoms with Crippen LogP contribution < -0.4 is 10.6 Å². The van der Waals surface area contributed by atoms with Crippen LogP contribution in [0.2, 0.25) is 0 Å². The minimum absolute atomic E-state index is 0.0405. The van der Waals surface area contributed by atoms with E-state index in [9.17, 15) is 4.79 Å². The largest absolute Gasteiger partial charge is 0.394 e. The number of carbonyl (C=O) groups excluding carboxylic acids is 1. The fraction of sp³-hybridized carbons (Fsp3) is 0.533. The molecule has 5 heteroatoms. The number of urea groups is 1. The van der Waals surface area contributed by atoms with Crippen LogP contribution in [0.25, 0.3) is 0 Å². The molecule has 1 rings (SSSR count). The van der Waals surface area contributed by atoms with Crippen molar-refractivity contribution in [1.82, 2.24) is 15.5 Å². The molecule has 0 saturated carbocycles. The lowest BCUT2D eigenvalue weighted by Crippen LogP contribution is -2.43. The molecular formula is C15H25N3O2. The van der Waals surface area contributed by atoms with Crippen molar-refractivity contribution in [3.8, 4) is 0 Å². The van der Waals surface area contributed by atoms with Gasteiger partial charge in [-0.2, -0.15) is 0 Å². The van der Waals surface area contributed by atoms with Gasteiger partial charge >= 0.3 is 6.03 Å². The van der Waals surface area contributed by atoms with E-state index in [4.69, 9.17) is 5.11 Å². The van der Waals surface area contributed by atoms with Gasteiger partial charge in [0.25, 0.3) is 0 Å². The normalized spacial score (nSPS) is 12.2. The van der Waals surface area contributed by atoms with E-state index in [0.29, 0.717) is 13.0 Å². The first kappa shape index (κ1) is 16.5. The Balaban J connectivity index is 2.54. The molecule has 0 heterocycles. The van der Waals surface area contributed by atoms with Crippen LogP contribution in [0, 0.1) is 0 Å². The van der Waals surface area contributed by atoms with Gasteiger partial charge in [0, 0.05) is 13.1 Å². The maximum Gasteiger partial charge on any atom is 0.315 e. The Morgan fingerprint density at radius 1 is 1.30 bits per heavy atom. The summed E-state index contributed by atoms with van der Waals surface area (Å²) in [5.74, 6) is 0. The topological polar surface area (TPSA) is 64.6 Å². The molecule has 0 spiro atoms. The highest BCUT2D eigenvalue weighted by molar-refractivity contribution is 5.74. The number of nitrogens with one attached hydrogen (secondary N) is 2. The van der Waals surface area contributed by atoms with Crippen LogP contribution in [0.15, 0.2) is 24.3 Å². The Morgan fingerprint density at radius 2 is 1.95 bits per heavy atom. The lowest BCUT2D eigenvalue weighted by molar-refractivity contribution is 0.214. The molecule has 112 valence electrons. The van der Waals surface area contributed by atoms with Crippen molar-refractivity contribution < 1.29 is 9.90 Å². The van der Waals surface area contributed by atoms with Crippen molar-refractivity contribution in [2.45, 2.75) is 32.5 Å². The second-order valence-corrected chi connectivity index (χ2v) is 5.12. The standard InChI is InChI=1S/C15H25N3O2/c1-4-14(11-19)17-15(20)16-9-12-7-5-6-8-13(12)10-18(2)3/h5-8,14,19H,4,9-11H2,1-3H3,(H2,16,17,20). The molecule has 1 aromatic rings. The highest BCUT2D eigenvalue weighted by atomic mass is 16.3. The number of rotatable bonds is 7. The highest BCUT2D eigenvalue weighted by Gasteiger charge is 2.09. The Hall–Kier alpha value is -1.59. The number of aliphatic hydroxyl groups is 1. The predicted molar refractivity (Wildman–Crippen MR) is 80.4 cm³/mol. The quantitative estimate of drug-likeness (QED) is 0.705. The zero-order valence-electron chi connectivity index (χ0n) is 12.5. The second-order valence-electron chi connectivity index (χ2n) is 5.12. The number of carbonyl (C=O) groups is 1. The van der Waals surface area contributed by atoms with Crippen LogP contribution in [0.1, 0.15) is 24.5 Å². The van der Waals surface area contributed by atoms with Gasteiger partial charge < -0.3 is 20.6 Å². The van der Waals surface area contributed by atoms with E-state index in [1.165, 1.54) is 5.56 Å². The molecule has 0 fully saturated rings. The summed E-state index contributed by atoms with van der Waals surface area (Å²) in [6.07, 6.45) is 0.709. The summed E-state index contributed by atoms with van der Waals surface area (Å²) in [7, 11) is 4.04. The van der Waals surface area contributed by atoms with Crippen LogP contribution in [0.4, 0.5) is 4.79 Å². The van der Waals surface area contributed by atoms with Gasteiger partial charge in [-0.1, -0.05) is 31.2 Å². The third kappa shape index (κ3) is 5.59. The minimum atomic E-state index is -0.245. The number of nitrogens with zero attached hydrogens (tertiary/aromatic N) is 1. The Bertz CT molecular complexity index is 417. The molecular weight excluding hydrogens is 254 g/mol. The molecule has 20 heavy (non-hydrogen) atoms. The van der Waals surface area contributed by atoms with E-state index in [-0.39, 0.29) is 18.7 Å². The van der Waals surface area contributed by atoms with Gasteiger partial charge in [0.2, 0.25) is 0 Å². The molecule has 1 atom stereocenters. The monoisotopic (exact) mass is 279 g/mol. The number of amides is 2. The van der Waals surface area contributed by atoms with Crippen molar-refractivity contribution in [3.63, 3.8) is 0 Å². The summed E-state index contributed by atoms with van der Waals surface area (Å²) in [6, 6.07) is 7.62. The van der Waals surface area contributed by atoms with Gasteiger partial charge in [0.15, 0.2) is 0 Å². The van der Waals surface area contributed by atoms with Crippen molar-refractivity contribution in [3.05, 3.63) is 35.4 Å². The fourth-order valence-corrected chi connectivity index (χ4v) is 1.91. The predicted octanol–water partition coefficient (Wildman–Crippen LogP) is 1.32. The van der Waals surface area contributed by atoms with Gasteiger partial charge in [0.05, 0.1) is 12.6 Å². The molecule has 1 unspecified atom stereocenters. The van der Waals surface area contributed by atoms with Gasteiger partial charge in [-0.15, -0.1) is 0 Å². The molecule has 0 aliphatic rings.